The number of pyridine rings is 1. The zero-order chi connectivity index (χ0) is 39.3. The van der Waals surface area contributed by atoms with Crippen molar-refractivity contribution in [2.45, 2.75) is 49.0 Å². The van der Waals surface area contributed by atoms with E-state index in [0.29, 0.717) is 5.52 Å². The van der Waals surface area contributed by atoms with Gasteiger partial charge < -0.3 is 58.2 Å². The number of ether oxygens (including phenoxy) is 4. The Bertz CT molecular complexity index is 2140. The number of hydrogen-bond acceptors (Lipinski definition) is 12. The van der Waals surface area contributed by atoms with E-state index >= 15 is 8.78 Å². The second-order valence-corrected chi connectivity index (χ2v) is 16.8. The van der Waals surface area contributed by atoms with Gasteiger partial charge in [0.25, 0.3) is 0 Å². The van der Waals surface area contributed by atoms with E-state index in [1.807, 2.05) is 0 Å². The predicted molar refractivity (Wildman–Crippen MR) is 180 cm³/mol. The maximum atomic E-state index is 15.4. The highest BCUT2D eigenvalue weighted by Crippen LogP contribution is 2.60. The van der Waals surface area contributed by atoms with Crippen LogP contribution in [-0.2, 0) is 23.3 Å². The molecule has 2 saturated heterocycles. The Kier molecular flexibility index (Phi) is 10.5. The molecule has 3 heterocycles. The van der Waals surface area contributed by atoms with Gasteiger partial charge in [0, 0.05) is 36.8 Å². The number of rotatable bonds is 12. The summed E-state index contributed by atoms with van der Waals surface area (Å²) in [6, 6.07) is 5.97. The summed E-state index contributed by atoms with van der Waals surface area (Å²) in [5.74, 6) is -3.32. The fraction of sp³-hybridized carbons (Fsp3) is 0.419. The van der Waals surface area contributed by atoms with Crippen molar-refractivity contribution >= 4 is 55.7 Å². The quantitative estimate of drug-likeness (QED) is 0.113. The molecule has 0 unspecified atom stereocenters. The van der Waals surface area contributed by atoms with Crippen molar-refractivity contribution in [2.75, 3.05) is 42.6 Å². The molecule has 292 valence electrons. The van der Waals surface area contributed by atoms with Gasteiger partial charge in [0.15, 0.2) is 17.7 Å². The van der Waals surface area contributed by atoms with Crippen LogP contribution >= 0.6 is 15.2 Å². The molecule has 0 radical (unpaired) electrons. The molecule has 6 N–H and O–H groups in total. The van der Waals surface area contributed by atoms with Gasteiger partial charge in [-0.25, -0.2) is 23.2 Å². The van der Waals surface area contributed by atoms with Crippen molar-refractivity contribution in [3.05, 3.63) is 63.9 Å². The zero-order valence-corrected chi connectivity index (χ0v) is 29.6. The van der Waals surface area contributed by atoms with Gasteiger partial charge in [0.2, 0.25) is 5.43 Å². The molecule has 0 bridgehead atoms. The van der Waals surface area contributed by atoms with Crippen LogP contribution in [0.3, 0.4) is 0 Å². The number of aliphatic hydroxyl groups is 1. The lowest BCUT2D eigenvalue weighted by molar-refractivity contribution is -0.0250. The molecule has 1 amide bonds. The van der Waals surface area contributed by atoms with Crippen molar-refractivity contribution < 1.29 is 81.0 Å². The summed E-state index contributed by atoms with van der Waals surface area (Å²) in [4.78, 5) is 87.5. The molecular formula is C31H33F2N3O16P2. The van der Waals surface area contributed by atoms with E-state index in [1.165, 1.54) is 24.4 Å². The molecule has 2 aliphatic heterocycles. The zero-order valence-electron chi connectivity index (χ0n) is 27.8. The summed E-state index contributed by atoms with van der Waals surface area (Å²) in [6.45, 7) is -1.07. The minimum absolute atomic E-state index is 0.00582. The van der Waals surface area contributed by atoms with E-state index in [2.05, 4.69) is 9.47 Å². The van der Waals surface area contributed by atoms with E-state index in [4.69, 9.17) is 29.0 Å². The van der Waals surface area contributed by atoms with E-state index in [9.17, 15) is 38.5 Å². The van der Waals surface area contributed by atoms with Gasteiger partial charge >= 0.3 is 39.0 Å². The molecule has 54 heavy (non-hydrogen) atoms. The van der Waals surface area contributed by atoms with Crippen LogP contribution in [0.5, 0.6) is 5.75 Å². The molecule has 3 aliphatic rings. The lowest BCUT2D eigenvalue weighted by atomic mass is 9.92. The number of hydrogen-bond donors (Lipinski definition) is 6. The minimum atomic E-state index is -5.59. The molecule has 23 heteroatoms. The first-order valence-electron chi connectivity index (χ1n) is 16.2. The number of piperidine rings is 1. The SMILES string of the molecule is O=C(OC[C@H]1CN(c2ccc(OCC3(O)CCN(c4cc5c(cc4F)c(=O)c(C(=O)O)cn5C4CC4)CC3)c(F)c2)C(=O)O1)OC(P(=O)(O)O)P(=O)(O)O. The van der Waals surface area contributed by atoms with E-state index in [0.717, 1.165) is 29.9 Å². The average molecular weight is 804 g/mol. The Morgan fingerprint density at radius 3 is 2.26 bits per heavy atom. The van der Waals surface area contributed by atoms with Crippen molar-refractivity contribution in [1.82, 2.24) is 4.57 Å². The third kappa shape index (κ3) is 8.37. The molecule has 2 aromatic carbocycles. The molecule has 3 fully saturated rings. The smallest absolute Gasteiger partial charge is 0.488 e. The Morgan fingerprint density at radius 2 is 1.67 bits per heavy atom. The summed E-state index contributed by atoms with van der Waals surface area (Å²) < 4.78 is 74.0. The van der Waals surface area contributed by atoms with E-state index in [-0.39, 0.29) is 67.6 Å². The number of aromatic carboxylic acids is 1. The molecule has 0 spiro atoms. The molecule has 19 nitrogen and oxygen atoms in total. The van der Waals surface area contributed by atoms with Crippen LogP contribution in [-0.4, -0.2) is 103 Å². The maximum Gasteiger partial charge on any atom is 0.509 e. The number of carbonyl (C=O) groups is 3. The highest BCUT2D eigenvalue weighted by atomic mass is 31.2. The lowest BCUT2D eigenvalue weighted by Gasteiger charge is -2.39. The van der Waals surface area contributed by atoms with Crippen LogP contribution in [0, 0.1) is 11.6 Å². The third-order valence-electron chi connectivity index (χ3n) is 9.07. The number of benzene rings is 2. The summed E-state index contributed by atoms with van der Waals surface area (Å²) in [6.07, 6.45) is -1.01. The van der Waals surface area contributed by atoms with Gasteiger partial charge in [0.1, 0.15) is 30.2 Å². The van der Waals surface area contributed by atoms with Crippen molar-refractivity contribution in [2.24, 2.45) is 0 Å². The molecule has 1 aliphatic carbocycles. The van der Waals surface area contributed by atoms with Crippen LogP contribution in [0.15, 0.2) is 41.3 Å². The van der Waals surface area contributed by atoms with Crippen LogP contribution in [0.25, 0.3) is 10.9 Å². The number of anilines is 2. The number of aromatic nitrogens is 1. The van der Waals surface area contributed by atoms with Gasteiger partial charge in [-0.05, 0) is 49.9 Å². The summed E-state index contributed by atoms with van der Waals surface area (Å²) in [7, 11) is -11.2. The number of carboxylic acids is 1. The van der Waals surface area contributed by atoms with Gasteiger partial charge in [-0.1, -0.05) is 0 Å². The molecule has 1 aromatic heterocycles. The number of halogens is 2. The highest BCUT2D eigenvalue weighted by molar-refractivity contribution is 7.70. The fourth-order valence-corrected chi connectivity index (χ4v) is 8.15. The van der Waals surface area contributed by atoms with Crippen LogP contribution < -0.4 is 20.0 Å². The first kappa shape index (κ1) is 39.1. The lowest BCUT2D eigenvalue weighted by Crippen LogP contribution is -2.48. The van der Waals surface area contributed by atoms with Crippen LogP contribution in [0.1, 0.15) is 42.1 Å². The second kappa shape index (κ2) is 14.6. The Morgan fingerprint density at radius 1 is 1.00 bits per heavy atom. The number of carbonyl (C=O) groups excluding carboxylic acids is 2. The Hall–Kier alpha value is -4.62. The number of cyclic esters (lactones) is 1. The standard InChI is InChI=1S/C31H33F2N3O16P2/c32-21-10-19-23(35(16-1-2-16)13-20(26(19)37)27(38)39)11-24(21)34-7-5-31(42,6-8-34)15-50-25-4-3-17(9-22(25)33)36-12-18(51-28(36)40)14-49-29(41)52-30(53(43,44)45)54(46,47)48/h3-4,9-11,13,16,18,30,42H,1-2,5-8,12,14-15H2,(H,38,39)(H2,43,44,45)(H2,46,47,48)/t18-/m1/s1. The molecule has 3 aromatic rings. The monoisotopic (exact) mass is 803 g/mol. The van der Waals surface area contributed by atoms with Crippen molar-refractivity contribution in [3.8, 4) is 5.75 Å². The Balaban J connectivity index is 1.04. The van der Waals surface area contributed by atoms with E-state index in [1.54, 1.807) is 9.47 Å². The maximum absolute atomic E-state index is 15.4. The summed E-state index contributed by atoms with van der Waals surface area (Å²) in [5, 5.41) is 20.7. The molecular weight excluding hydrogens is 770 g/mol. The fourth-order valence-electron chi connectivity index (χ4n) is 6.14. The number of fused-ring (bicyclic) bond motifs is 1. The normalized spacial score (nSPS) is 18.9. The number of carboxylic acid groups (broad SMARTS) is 1. The van der Waals surface area contributed by atoms with Gasteiger partial charge in [-0.15, -0.1) is 0 Å². The van der Waals surface area contributed by atoms with Crippen molar-refractivity contribution in [1.29, 1.82) is 0 Å². The second-order valence-electron chi connectivity index (χ2n) is 13.1. The average Bonchev–Trinajstić information content (AvgIpc) is 3.86. The van der Waals surface area contributed by atoms with Crippen LogP contribution in [0.2, 0.25) is 0 Å². The van der Waals surface area contributed by atoms with Crippen LogP contribution in [0.4, 0.5) is 29.7 Å². The third-order valence-corrected chi connectivity index (χ3v) is 12.2. The Labute approximate surface area is 302 Å². The number of nitrogens with zero attached hydrogens (tertiary/aromatic N) is 3. The first-order chi connectivity index (χ1) is 25.2. The minimum Gasteiger partial charge on any atom is -0.488 e. The largest absolute Gasteiger partial charge is 0.509 e. The topological polar surface area (TPSA) is 272 Å². The first-order valence-corrected chi connectivity index (χ1v) is 19.5. The number of amides is 1. The van der Waals surface area contributed by atoms with Crippen molar-refractivity contribution in [3.63, 3.8) is 0 Å². The molecule has 1 saturated carbocycles. The van der Waals surface area contributed by atoms with Gasteiger partial charge in [-0.2, -0.15) is 0 Å². The van der Waals surface area contributed by atoms with Gasteiger partial charge in [0.05, 0.1) is 23.4 Å². The molecule has 1 atom stereocenters. The molecule has 6 rings (SSSR count). The summed E-state index contributed by atoms with van der Waals surface area (Å²) in [5.41, 5.74) is -5.21. The van der Waals surface area contributed by atoms with Gasteiger partial charge in [-0.3, -0.25) is 18.8 Å². The predicted octanol–water partition coefficient (Wildman–Crippen LogP) is 2.84. The van der Waals surface area contributed by atoms with E-state index < -0.39 is 79.9 Å². The summed E-state index contributed by atoms with van der Waals surface area (Å²) >= 11 is 0. The highest BCUT2D eigenvalue weighted by Gasteiger charge is 2.48.